The molecule has 17 heavy (non-hydrogen) atoms. The van der Waals surface area contributed by atoms with E-state index in [4.69, 9.17) is 0 Å². The first-order valence-electron chi connectivity index (χ1n) is 7.00. The number of hydrogen-bond acceptors (Lipinski definition) is 3. The van der Waals surface area contributed by atoms with Crippen molar-refractivity contribution in [3.05, 3.63) is 0 Å². The van der Waals surface area contributed by atoms with Gasteiger partial charge in [-0.3, -0.25) is 0 Å². The lowest BCUT2D eigenvalue weighted by molar-refractivity contribution is -0.00302. The molecule has 3 heteroatoms. The van der Waals surface area contributed by atoms with Crippen molar-refractivity contribution in [1.29, 1.82) is 0 Å². The average molecular weight is 246 g/mol. The molecule has 0 spiro atoms. The lowest BCUT2D eigenvalue weighted by Gasteiger charge is -2.28. The zero-order valence-electron chi connectivity index (χ0n) is 11.5. The van der Waals surface area contributed by atoms with Crippen LogP contribution in [0.2, 0.25) is 0 Å². The third kappa shape index (κ3) is 6.39. The third-order valence-corrected chi connectivity index (χ3v) is 3.87. The highest BCUT2D eigenvalue weighted by atomic mass is 16.3. The Morgan fingerprint density at radius 2 is 1.41 bits per heavy atom. The standard InChI is InChI=1S/C14H30O3/c1-3-5-7-13(4-2)8-6-9-14(10-15,11-16)12-17/h13,15-17H,3-12H2,1-2H3. The summed E-state index contributed by atoms with van der Waals surface area (Å²) in [6.07, 6.45) is 7.82. The molecule has 0 saturated carbocycles. The highest BCUT2D eigenvalue weighted by Crippen LogP contribution is 2.26. The fourth-order valence-electron chi connectivity index (χ4n) is 2.20. The molecule has 0 bridgehead atoms. The van der Waals surface area contributed by atoms with Gasteiger partial charge in [-0.25, -0.2) is 0 Å². The highest BCUT2D eigenvalue weighted by molar-refractivity contribution is 4.77. The van der Waals surface area contributed by atoms with Gasteiger partial charge in [0.25, 0.3) is 0 Å². The van der Waals surface area contributed by atoms with E-state index in [9.17, 15) is 15.3 Å². The van der Waals surface area contributed by atoms with Crippen LogP contribution >= 0.6 is 0 Å². The molecule has 0 aromatic rings. The van der Waals surface area contributed by atoms with E-state index >= 15 is 0 Å². The zero-order chi connectivity index (χ0) is 13.1. The summed E-state index contributed by atoms with van der Waals surface area (Å²) in [6, 6.07) is 0. The SMILES string of the molecule is CCCCC(CC)CCCC(CO)(CO)CO. The van der Waals surface area contributed by atoms with Crippen LogP contribution in [0.25, 0.3) is 0 Å². The molecule has 0 aromatic heterocycles. The number of hydrogen-bond donors (Lipinski definition) is 3. The first-order chi connectivity index (χ1) is 8.17. The van der Waals surface area contributed by atoms with Crippen molar-refractivity contribution in [2.75, 3.05) is 19.8 Å². The van der Waals surface area contributed by atoms with Crippen molar-refractivity contribution >= 4 is 0 Å². The molecular formula is C14H30O3. The molecular weight excluding hydrogens is 216 g/mol. The average Bonchev–Trinajstić information content (AvgIpc) is 2.39. The molecule has 0 aliphatic heterocycles. The lowest BCUT2D eigenvalue weighted by Crippen LogP contribution is -2.33. The van der Waals surface area contributed by atoms with Gasteiger partial charge in [-0.15, -0.1) is 0 Å². The molecule has 0 fully saturated rings. The normalized spacial score (nSPS) is 13.9. The third-order valence-electron chi connectivity index (χ3n) is 3.87. The van der Waals surface area contributed by atoms with E-state index in [1.807, 2.05) is 0 Å². The van der Waals surface area contributed by atoms with E-state index in [0.717, 1.165) is 18.8 Å². The van der Waals surface area contributed by atoms with Gasteiger partial charge < -0.3 is 15.3 Å². The number of aliphatic hydroxyl groups excluding tert-OH is 3. The Bertz CT molecular complexity index is 159. The van der Waals surface area contributed by atoms with Crippen molar-refractivity contribution < 1.29 is 15.3 Å². The van der Waals surface area contributed by atoms with Gasteiger partial charge in [0.15, 0.2) is 0 Å². The Morgan fingerprint density at radius 3 is 1.82 bits per heavy atom. The van der Waals surface area contributed by atoms with E-state index in [1.54, 1.807) is 0 Å². The van der Waals surface area contributed by atoms with Crippen LogP contribution < -0.4 is 0 Å². The van der Waals surface area contributed by atoms with Gasteiger partial charge in [-0.2, -0.15) is 0 Å². The molecule has 3 nitrogen and oxygen atoms in total. The summed E-state index contributed by atoms with van der Waals surface area (Å²) in [6.45, 7) is 4.03. The Morgan fingerprint density at radius 1 is 0.882 bits per heavy atom. The van der Waals surface area contributed by atoms with Gasteiger partial charge in [0.1, 0.15) is 0 Å². The van der Waals surface area contributed by atoms with Gasteiger partial charge in [-0.05, 0) is 12.3 Å². The topological polar surface area (TPSA) is 60.7 Å². The summed E-state index contributed by atoms with van der Waals surface area (Å²) in [5.74, 6) is 0.753. The molecule has 0 amide bonds. The molecule has 0 saturated heterocycles. The van der Waals surface area contributed by atoms with E-state index in [0.29, 0.717) is 6.42 Å². The van der Waals surface area contributed by atoms with Crippen LogP contribution in [0, 0.1) is 11.3 Å². The first kappa shape index (κ1) is 16.9. The molecule has 1 unspecified atom stereocenters. The van der Waals surface area contributed by atoms with Crippen LogP contribution in [0.1, 0.15) is 58.8 Å². The van der Waals surface area contributed by atoms with Crippen LogP contribution in [0.3, 0.4) is 0 Å². The molecule has 0 heterocycles. The Balaban J connectivity index is 3.92. The molecule has 0 aromatic carbocycles. The highest BCUT2D eigenvalue weighted by Gasteiger charge is 2.27. The molecule has 0 aliphatic carbocycles. The van der Waals surface area contributed by atoms with Gasteiger partial charge >= 0.3 is 0 Å². The predicted octanol–water partition coefficient (Wildman–Crippen LogP) is 2.34. The minimum atomic E-state index is -0.678. The fourth-order valence-corrected chi connectivity index (χ4v) is 2.20. The number of rotatable bonds is 11. The van der Waals surface area contributed by atoms with Crippen molar-refractivity contribution in [3.63, 3.8) is 0 Å². The van der Waals surface area contributed by atoms with Crippen LogP contribution in [-0.4, -0.2) is 35.1 Å². The van der Waals surface area contributed by atoms with Crippen molar-refractivity contribution in [1.82, 2.24) is 0 Å². The van der Waals surface area contributed by atoms with Crippen LogP contribution in [0.15, 0.2) is 0 Å². The predicted molar refractivity (Wildman–Crippen MR) is 70.8 cm³/mol. The number of aliphatic hydroxyl groups is 3. The fraction of sp³-hybridized carbons (Fsp3) is 1.00. The van der Waals surface area contributed by atoms with Crippen LogP contribution in [-0.2, 0) is 0 Å². The van der Waals surface area contributed by atoms with Gasteiger partial charge in [0.05, 0.1) is 19.8 Å². The first-order valence-corrected chi connectivity index (χ1v) is 7.00. The maximum absolute atomic E-state index is 9.22. The summed E-state index contributed by atoms with van der Waals surface area (Å²) in [4.78, 5) is 0. The maximum atomic E-state index is 9.22. The summed E-state index contributed by atoms with van der Waals surface area (Å²) in [7, 11) is 0. The Kier molecular flexibility index (Phi) is 9.79. The van der Waals surface area contributed by atoms with Gasteiger partial charge in [0.2, 0.25) is 0 Å². The Hall–Kier alpha value is -0.120. The maximum Gasteiger partial charge on any atom is 0.0531 e. The molecule has 104 valence electrons. The molecule has 0 aliphatic rings. The van der Waals surface area contributed by atoms with Gasteiger partial charge in [0, 0.05) is 5.41 Å². The van der Waals surface area contributed by atoms with Crippen molar-refractivity contribution in [2.24, 2.45) is 11.3 Å². The lowest BCUT2D eigenvalue weighted by atomic mass is 9.83. The summed E-state index contributed by atoms with van der Waals surface area (Å²) in [5, 5.41) is 27.7. The van der Waals surface area contributed by atoms with E-state index < -0.39 is 5.41 Å². The molecule has 0 radical (unpaired) electrons. The van der Waals surface area contributed by atoms with Crippen molar-refractivity contribution in [3.8, 4) is 0 Å². The largest absolute Gasteiger partial charge is 0.396 e. The minimum absolute atomic E-state index is 0.133. The summed E-state index contributed by atoms with van der Waals surface area (Å²) in [5.41, 5.74) is -0.678. The van der Waals surface area contributed by atoms with E-state index in [-0.39, 0.29) is 19.8 Å². The minimum Gasteiger partial charge on any atom is -0.396 e. The second-order valence-corrected chi connectivity index (χ2v) is 5.28. The smallest absolute Gasteiger partial charge is 0.0531 e. The second-order valence-electron chi connectivity index (χ2n) is 5.28. The monoisotopic (exact) mass is 246 g/mol. The Labute approximate surface area is 106 Å². The van der Waals surface area contributed by atoms with Crippen LogP contribution in [0.5, 0.6) is 0 Å². The van der Waals surface area contributed by atoms with E-state index in [2.05, 4.69) is 13.8 Å². The zero-order valence-corrected chi connectivity index (χ0v) is 11.5. The second kappa shape index (κ2) is 9.86. The quantitative estimate of drug-likeness (QED) is 0.524. The molecule has 0 rings (SSSR count). The van der Waals surface area contributed by atoms with Gasteiger partial charge in [-0.1, -0.05) is 52.4 Å². The molecule has 3 N–H and O–H groups in total. The van der Waals surface area contributed by atoms with Crippen LogP contribution in [0.4, 0.5) is 0 Å². The summed E-state index contributed by atoms with van der Waals surface area (Å²) >= 11 is 0. The summed E-state index contributed by atoms with van der Waals surface area (Å²) < 4.78 is 0. The number of unbranched alkanes of at least 4 members (excludes halogenated alkanes) is 1. The van der Waals surface area contributed by atoms with E-state index in [1.165, 1.54) is 25.7 Å². The molecule has 1 atom stereocenters. The van der Waals surface area contributed by atoms with Crippen molar-refractivity contribution in [2.45, 2.75) is 58.8 Å².